The van der Waals surface area contributed by atoms with Crippen molar-refractivity contribution in [3.63, 3.8) is 0 Å². The molecule has 0 amide bonds. The van der Waals surface area contributed by atoms with Gasteiger partial charge in [-0.1, -0.05) is 12.1 Å². The molecule has 0 radical (unpaired) electrons. The number of benzene rings is 1. The molecule has 0 heterocycles. The first kappa shape index (κ1) is 9.80. The number of nitrogens with two attached hydrogens (primary N) is 1. The zero-order valence-electron chi connectivity index (χ0n) is 7.27. The van der Waals surface area contributed by atoms with Gasteiger partial charge in [-0.25, -0.2) is 8.42 Å². The van der Waals surface area contributed by atoms with E-state index < -0.39 is 9.84 Å². The largest absolute Gasteiger partial charge is 0.399 e. The zero-order chi connectivity index (χ0) is 9.90. The second-order valence-corrected chi connectivity index (χ2v) is 4.73. The number of hydrogen-bond donors (Lipinski definition) is 1. The summed E-state index contributed by atoms with van der Waals surface area (Å²) >= 11 is 0. The van der Waals surface area contributed by atoms with E-state index >= 15 is 0 Å². The van der Waals surface area contributed by atoms with E-state index in [1.54, 1.807) is 24.3 Å². The van der Waals surface area contributed by atoms with E-state index in [0.29, 0.717) is 5.69 Å². The van der Waals surface area contributed by atoms with Gasteiger partial charge in [0.2, 0.25) is 0 Å². The van der Waals surface area contributed by atoms with Crippen molar-refractivity contribution >= 4 is 21.6 Å². The molecular formula is C9H11NO2S. The Balaban J connectivity index is 2.88. The smallest absolute Gasteiger partial charge is 0.168 e. The number of sulfone groups is 1. The van der Waals surface area contributed by atoms with E-state index in [1.165, 1.54) is 11.5 Å². The van der Waals surface area contributed by atoms with Gasteiger partial charge in [-0.3, -0.25) is 0 Å². The van der Waals surface area contributed by atoms with Crippen LogP contribution in [0.5, 0.6) is 0 Å². The Morgan fingerprint density at radius 3 is 2.23 bits per heavy atom. The van der Waals surface area contributed by atoms with Gasteiger partial charge in [-0.05, 0) is 23.8 Å². The minimum Gasteiger partial charge on any atom is -0.399 e. The summed E-state index contributed by atoms with van der Waals surface area (Å²) in [6, 6.07) is 6.97. The van der Waals surface area contributed by atoms with Crippen molar-refractivity contribution in [1.82, 2.24) is 0 Å². The van der Waals surface area contributed by atoms with Gasteiger partial charge in [0, 0.05) is 17.4 Å². The van der Waals surface area contributed by atoms with Crippen LogP contribution < -0.4 is 5.73 Å². The minimum atomic E-state index is -3.04. The van der Waals surface area contributed by atoms with Gasteiger partial charge < -0.3 is 5.73 Å². The van der Waals surface area contributed by atoms with Gasteiger partial charge in [0.1, 0.15) is 0 Å². The van der Waals surface area contributed by atoms with Crippen molar-refractivity contribution in [2.24, 2.45) is 0 Å². The summed E-state index contributed by atoms with van der Waals surface area (Å²) < 4.78 is 21.5. The maximum Gasteiger partial charge on any atom is 0.168 e. The number of anilines is 1. The molecule has 13 heavy (non-hydrogen) atoms. The molecule has 2 N–H and O–H groups in total. The fourth-order valence-electron chi connectivity index (χ4n) is 0.809. The van der Waals surface area contributed by atoms with E-state index in [2.05, 4.69) is 0 Å². The van der Waals surface area contributed by atoms with Crippen molar-refractivity contribution in [3.05, 3.63) is 35.2 Å². The van der Waals surface area contributed by atoms with Crippen molar-refractivity contribution in [2.75, 3.05) is 12.0 Å². The highest BCUT2D eigenvalue weighted by molar-refractivity contribution is 7.93. The second kappa shape index (κ2) is 3.62. The SMILES string of the molecule is CS(=O)(=O)C=Cc1ccc(N)cc1. The summed E-state index contributed by atoms with van der Waals surface area (Å²) in [6.45, 7) is 0. The second-order valence-electron chi connectivity index (χ2n) is 2.80. The van der Waals surface area contributed by atoms with Crippen molar-refractivity contribution < 1.29 is 8.42 Å². The van der Waals surface area contributed by atoms with Crippen LogP contribution in [0.3, 0.4) is 0 Å². The predicted octanol–water partition coefficient (Wildman–Crippen LogP) is 1.28. The summed E-state index contributed by atoms with van der Waals surface area (Å²) in [5.41, 5.74) is 6.95. The van der Waals surface area contributed by atoms with Gasteiger partial charge in [-0.2, -0.15) is 0 Å². The van der Waals surface area contributed by atoms with Crippen molar-refractivity contribution in [2.45, 2.75) is 0 Å². The standard InChI is InChI=1S/C9H11NO2S/c1-13(11,12)7-6-8-2-4-9(10)5-3-8/h2-7H,10H2,1H3. The van der Waals surface area contributed by atoms with Crippen LogP contribution >= 0.6 is 0 Å². The van der Waals surface area contributed by atoms with Crippen LogP contribution in [-0.4, -0.2) is 14.7 Å². The molecule has 0 spiro atoms. The average molecular weight is 197 g/mol. The first-order valence-corrected chi connectivity index (χ1v) is 5.66. The molecule has 1 rings (SSSR count). The molecular weight excluding hydrogens is 186 g/mol. The maximum atomic E-state index is 10.8. The first-order chi connectivity index (χ1) is 5.97. The van der Waals surface area contributed by atoms with Crippen LogP contribution in [-0.2, 0) is 9.84 Å². The lowest BCUT2D eigenvalue weighted by Gasteiger charge is -1.93. The Labute approximate surface area is 77.8 Å². The molecule has 0 fully saturated rings. The van der Waals surface area contributed by atoms with Crippen LogP contribution in [0.25, 0.3) is 6.08 Å². The highest BCUT2D eigenvalue weighted by atomic mass is 32.2. The number of rotatable bonds is 2. The minimum absolute atomic E-state index is 0.663. The molecule has 1 aromatic rings. The molecule has 0 bridgehead atoms. The number of nitrogen functional groups attached to an aromatic ring is 1. The molecule has 1 aromatic carbocycles. The normalized spacial score (nSPS) is 12.1. The van der Waals surface area contributed by atoms with E-state index in [1.807, 2.05) is 0 Å². The van der Waals surface area contributed by atoms with Gasteiger partial charge in [-0.15, -0.1) is 0 Å². The lowest BCUT2D eigenvalue weighted by molar-refractivity contribution is 0.610. The van der Waals surface area contributed by atoms with E-state index in [-0.39, 0.29) is 0 Å². The highest BCUT2D eigenvalue weighted by Gasteiger charge is 1.93. The molecule has 0 saturated heterocycles. The average Bonchev–Trinajstić information content (AvgIpc) is 2.02. The molecule has 0 aliphatic carbocycles. The molecule has 3 nitrogen and oxygen atoms in total. The Morgan fingerprint density at radius 1 is 1.23 bits per heavy atom. The summed E-state index contributed by atoms with van der Waals surface area (Å²) in [7, 11) is -3.04. The van der Waals surface area contributed by atoms with E-state index in [4.69, 9.17) is 5.73 Å². The molecule has 0 atom stereocenters. The maximum absolute atomic E-state index is 10.8. The summed E-state index contributed by atoms with van der Waals surface area (Å²) in [5, 5.41) is 1.17. The van der Waals surface area contributed by atoms with E-state index in [0.717, 1.165) is 11.8 Å². The summed E-state index contributed by atoms with van der Waals surface area (Å²) in [5.74, 6) is 0. The van der Waals surface area contributed by atoms with Crippen LogP contribution in [0, 0.1) is 0 Å². The van der Waals surface area contributed by atoms with Gasteiger partial charge in [0.15, 0.2) is 9.84 Å². The van der Waals surface area contributed by atoms with Crippen LogP contribution in [0.2, 0.25) is 0 Å². The Hall–Kier alpha value is -1.29. The molecule has 0 aliphatic heterocycles. The third-order valence-corrected chi connectivity index (χ3v) is 2.07. The molecule has 70 valence electrons. The van der Waals surface area contributed by atoms with Crippen LogP contribution in [0.15, 0.2) is 29.7 Å². The van der Waals surface area contributed by atoms with Gasteiger partial charge in [0.05, 0.1) is 0 Å². The van der Waals surface area contributed by atoms with Crippen molar-refractivity contribution in [1.29, 1.82) is 0 Å². The summed E-state index contributed by atoms with van der Waals surface area (Å²) in [4.78, 5) is 0. The molecule has 0 unspecified atom stereocenters. The molecule has 0 aromatic heterocycles. The lowest BCUT2D eigenvalue weighted by atomic mass is 10.2. The fraction of sp³-hybridized carbons (Fsp3) is 0.111. The predicted molar refractivity (Wildman–Crippen MR) is 54.7 cm³/mol. The summed E-state index contributed by atoms with van der Waals surface area (Å²) in [6.07, 6.45) is 2.69. The fourth-order valence-corrected chi connectivity index (χ4v) is 1.21. The Bertz CT molecular complexity index is 404. The van der Waals surface area contributed by atoms with Crippen molar-refractivity contribution in [3.8, 4) is 0 Å². The van der Waals surface area contributed by atoms with Gasteiger partial charge in [0.25, 0.3) is 0 Å². The Morgan fingerprint density at radius 2 is 1.77 bits per heavy atom. The topological polar surface area (TPSA) is 60.2 Å². The monoisotopic (exact) mass is 197 g/mol. The lowest BCUT2D eigenvalue weighted by Crippen LogP contribution is -1.88. The van der Waals surface area contributed by atoms with Crippen LogP contribution in [0.4, 0.5) is 5.69 Å². The molecule has 4 heteroatoms. The molecule has 0 aliphatic rings. The molecule has 0 saturated carbocycles. The third kappa shape index (κ3) is 3.75. The third-order valence-electron chi connectivity index (χ3n) is 1.44. The van der Waals surface area contributed by atoms with Gasteiger partial charge >= 0.3 is 0 Å². The van der Waals surface area contributed by atoms with Crippen LogP contribution in [0.1, 0.15) is 5.56 Å². The number of hydrogen-bond acceptors (Lipinski definition) is 3. The first-order valence-electron chi connectivity index (χ1n) is 3.71. The zero-order valence-corrected chi connectivity index (χ0v) is 8.08. The quantitative estimate of drug-likeness (QED) is 0.726. The highest BCUT2D eigenvalue weighted by Crippen LogP contribution is 2.07. The van der Waals surface area contributed by atoms with E-state index in [9.17, 15) is 8.42 Å². The Kier molecular flexibility index (Phi) is 2.72.